The van der Waals surface area contributed by atoms with E-state index in [0.29, 0.717) is 11.6 Å². The summed E-state index contributed by atoms with van der Waals surface area (Å²) in [5.41, 5.74) is 0.529. The first-order valence-corrected chi connectivity index (χ1v) is 5.06. The van der Waals surface area contributed by atoms with Gasteiger partial charge in [0.25, 0.3) is 5.95 Å². The number of nitrogens with one attached hydrogen (secondary N) is 1. The van der Waals surface area contributed by atoms with E-state index in [1.165, 1.54) is 18.2 Å². The molecule has 0 fully saturated rings. The molecule has 94 valence electrons. The molecule has 0 radical (unpaired) electrons. The summed E-state index contributed by atoms with van der Waals surface area (Å²) in [6, 6.07) is 6.00. The number of hydrogen-bond donors (Lipinski definition) is 1. The maximum Gasteiger partial charge on any atom is 0.251 e. The summed E-state index contributed by atoms with van der Waals surface area (Å²) >= 11 is 0. The third-order valence-corrected chi connectivity index (χ3v) is 2.24. The molecule has 0 bridgehead atoms. The number of anilines is 1. The Morgan fingerprint density at radius 2 is 1.78 bits per heavy atom. The lowest BCUT2D eigenvalue weighted by atomic mass is 10.2. The molecule has 2 aromatic rings. The fourth-order valence-corrected chi connectivity index (χ4v) is 1.40. The molecule has 0 spiro atoms. The van der Waals surface area contributed by atoms with E-state index >= 15 is 0 Å². The van der Waals surface area contributed by atoms with Crippen molar-refractivity contribution in [3.8, 4) is 0 Å². The van der Waals surface area contributed by atoms with Crippen molar-refractivity contribution in [3.05, 3.63) is 59.3 Å². The molecule has 1 aromatic heterocycles. The van der Waals surface area contributed by atoms with Gasteiger partial charge >= 0.3 is 0 Å². The summed E-state index contributed by atoms with van der Waals surface area (Å²) < 4.78 is 51.5. The lowest BCUT2D eigenvalue weighted by molar-refractivity contribution is 0.466. The van der Waals surface area contributed by atoms with Crippen LogP contribution < -0.4 is 5.32 Å². The quantitative estimate of drug-likeness (QED) is 0.673. The van der Waals surface area contributed by atoms with E-state index in [9.17, 15) is 17.6 Å². The Bertz CT molecular complexity index is 572. The number of hydrogen-bond acceptors (Lipinski definition) is 2. The van der Waals surface area contributed by atoms with Gasteiger partial charge in [-0.1, -0.05) is 12.1 Å². The highest BCUT2D eigenvalue weighted by Gasteiger charge is 2.11. The molecular formula is C12H8F4N2. The van der Waals surface area contributed by atoms with Crippen molar-refractivity contribution in [3.63, 3.8) is 0 Å². The molecular weight excluding hydrogens is 248 g/mol. The van der Waals surface area contributed by atoms with Gasteiger partial charge in [0.2, 0.25) is 0 Å². The Morgan fingerprint density at radius 3 is 2.50 bits per heavy atom. The molecule has 2 nitrogen and oxygen atoms in total. The number of halogens is 4. The van der Waals surface area contributed by atoms with Crippen LogP contribution in [0, 0.1) is 23.4 Å². The highest BCUT2D eigenvalue weighted by molar-refractivity contribution is 5.37. The van der Waals surface area contributed by atoms with E-state index < -0.39 is 29.2 Å². The molecule has 1 N–H and O–H groups in total. The molecule has 0 unspecified atom stereocenters. The van der Waals surface area contributed by atoms with Gasteiger partial charge in [-0.3, -0.25) is 0 Å². The summed E-state index contributed by atoms with van der Waals surface area (Å²) in [6.45, 7) is 0.0484. The van der Waals surface area contributed by atoms with Crippen molar-refractivity contribution in [2.45, 2.75) is 6.54 Å². The molecule has 6 heteroatoms. The molecule has 0 aliphatic heterocycles. The smallest absolute Gasteiger partial charge is 0.251 e. The van der Waals surface area contributed by atoms with Crippen LogP contribution in [0.2, 0.25) is 0 Å². The highest BCUT2D eigenvalue weighted by Crippen LogP contribution is 2.15. The van der Waals surface area contributed by atoms with Crippen LogP contribution in [0.15, 0.2) is 30.3 Å². The van der Waals surface area contributed by atoms with Crippen LogP contribution in [0.1, 0.15) is 5.56 Å². The van der Waals surface area contributed by atoms with E-state index in [-0.39, 0.29) is 6.54 Å². The Hall–Kier alpha value is -2.11. The maximum atomic E-state index is 13.2. The minimum absolute atomic E-state index is 0.0484. The highest BCUT2D eigenvalue weighted by atomic mass is 19.2. The van der Waals surface area contributed by atoms with Crippen LogP contribution in [0.25, 0.3) is 0 Å². The minimum Gasteiger partial charge on any atom is -0.363 e. The third-order valence-electron chi connectivity index (χ3n) is 2.24. The van der Waals surface area contributed by atoms with Crippen LogP contribution in [0.3, 0.4) is 0 Å². The van der Waals surface area contributed by atoms with Crippen molar-refractivity contribution < 1.29 is 17.6 Å². The van der Waals surface area contributed by atoms with Crippen LogP contribution in [0.4, 0.5) is 23.4 Å². The normalized spacial score (nSPS) is 10.4. The molecule has 0 aliphatic rings. The largest absolute Gasteiger partial charge is 0.363 e. The standard InChI is InChI=1S/C12H8F4N2/c13-8-3-1-2-7(4-8)6-17-12-10(15)5-9(14)11(16)18-12/h1-5H,6H2,(H,17,18). The second-order valence-corrected chi connectivity index (χ2v) is 3.57. The van der Waals surface area contributed by atoms with E-state index in [4.69, 9.17) is 0 Å². The minimum atomic E-state index is -1.39. The Morgan fingerprint density at radius 1 is 1.00 bits per heavy atom. The van der Waals surface area contributed by atoms with Gasteiger partial charge in [-0.05, 0) is 17.7 Å². The Labute approximate surface area is 100 Å². The molecule has 0 saturated heterocycles. The second kappa shape index (κ2) is 5.03. The average molecular weight is 256 g/mol. The van der Waals surface area contributed by atoms with Crippen LogP contribution in [0.5, 0.6) is 0 Å². The first-order chi connectivity index (χ1) is 8.56. The topological polar surface area (TPSA) is 24.9 Å². The Kier molecular flexibility index (Phi) is 3.45. The van der Waals surface area contributed by atoms with Gasteiger partial charge < -0.3 is 5.32 Å². The van der Waals surface area contributed by atoms with E-state index in [1.54, 1.807) is 6.07 Å². The zero-order valence-electron chi connectivity index (χ0n) is 9.05. The number of rotatable bonds is 3. The van der Waals surface area contributed by atoms with Gasteiger partial charge in [0.15, 0.2) is 17.5 Å². The molecule has 0 saturated carbocycles. The van der Waals surface area contributed by atoms with Crippen molar-refractivity contribution in [1.82, 2.24) is 4.98 Å². The first-order valence-electron chi connectivity index (χ1n) is 5.06. The van der Waals surface area contributed by atoms with Crippen molar-refractivity contribution >= 4 is 5.82 Å². The summed E-state index contributed by atoms with van der Waals surface area (Å²) in [7, 11) is 0. The number of pyridine rings is 1. The molecule has 0 amide bonds. The van der Waals surface area contributed by atoms with Crippen molar-refractivity contribution in [2.75, 3.05) is 5.32 Å². The second-order valence-electron chi connectivity index (χ2n) is 3.57. The summed E-state index contributed by atoms with van der Waals surface area (Å²) in [5.74, 6) is -4.61. The maximum absolute atomic E-state index is 13.2. The number of nitrogens with zero attached hydrogens (tertiary/aromatic N) is 1. The van der Waals surface area contributed by atoms with Crippen molar-refractivity contribution in [1.29, 1.82) is 0 Å². The SMILES string of the molecule is Fc1cccc(CNc2nc(F)c(F)cc2F)c1. The molecule has 0 aliphatic carbocycles. The van der Waals surface area contributed by atoms with Gasteiger partial charge in [0.05, 0.1) is 0 Å². The monoisotopic (exact) mass is 256 g/mol. The third kappa shape index (κ3) is 2.77. The Balaban J connectivity index is 2.13. The van der Waals surface area contributed by atoms with Gasteiger partial charge in [-0.2, -0.15) is 9.37 Å². The zero-order valence-corrected chi connectivity index (χ0v) is 9.05. The lowest BCUT2D eigenvalue weighted by Gasteiger charge is -2.07. The van der Waals surface area contributed by atoms with Gasteiger partial charge in [-0.25, -0.2) is 13.2 Å². The molecule has 1 aromatic carbocycles. The molecule has 1 heterocycles. The van der Waals surface area contributed by atoms with Gasteiger partial charge in [0, 0.05) is 12.6 Å². The van der Waals surface area contributed by atoms with E-state index in [1.807, 2.05) is 0 Å². The fourth-order valence-electron chi connectivity index (χ4n) is 1.40. The number of aromatic nitrogens is 1. The van der Waals surface area contributed by atoms with E-state index in [0.717, 1.165) is 0 Å². The zero-order chi connectivity index (χ0) is 13.1. The van der Waals surface area contributed by atoms with Crippen LogP contribution in [-0.4, -0.2) is 4.98 Å². The van der Waals surface area contributed by atoms with E-state index in [2.05, 4.69) is 10.3 Å². The van der Waals surface area contributed by atoms with Crippen LogP contribution >= 0.6 is 0 Å². The first kappa shape index (κ1) is 12.3. The predicted molar refractivity (Wildman–Crippen MR) is 57.8 cm³/mol. The molecule has 0 atom stereocenters. The van der Waals surface area contributed by atoms with Gasteiger partial charge in [0.1, 0.15) is 5.82 Å². The van der Waals surface area contributed by atoms with Gasteiger partial charge in [-0.15, -0.1) is 0 Å². The average Bonchev–Trinajstić information content (AvgIpc) is 2.32. The molecule has 18 heavy (non-hydrogen) atoms. The van der Waals surface area contributed by atoms with Crippen molar-refractivity contribution in [2.24, 2.45) is 0 Å². The molecule has 2 rings (SSSR count). The summed E-state index contributed by atoms with van der Waals surface area (Å²) in [4.78, 5) is 3.09. The van der Waals surface area contributed by atoms with Crippen LogP contribution in [-0.2, 0) is 6.54 Å². The lowest BCUT2D eigenvalue weighted by Crippen LogP contribution is -2.06. The number of benzene rings is 1. The fraction of sp³-hybridized carbons (Fsp3) is 0.0833. The predicted octanol–water partition coefficient (Wildman–Crippen LogP) is 3.25. The summed E-state index contributed by atoms with van der Waals surface area (Å²) in [5, 5.41) is 2.47. The summed E-state index contributed by atoms with van der Waals surface area (Å²) in [6.07, 6.45) is 0.